The van der Waals surface area contributed by atoms with Crippen molar-refractivity contribution >= 4 is 28.3 Å². The Bertz CT molecular complexity index is 1110. The first-order chi connectivity index (χ1) is 12.8. The van der Waals surface area contributed by atoms with Gasteiger partial charge in [-0.05, 0) is 43.7 Å². The highest BCUT2D eigenvalue weighted by atomic mass is 16.4. The molecule has 2 aromatic carbocycles. The fourth-order valence-electron chi connectivity index (χ4n) is 2.87. The van der Waals surface area contributed by atoms with Gasteiger partial charge in [0.05, 0.1) is 17.4 Å². The molecule has 0 radical (unpaired) electrons. The number of hydrogen-bond donors (Lipinski definition) is 3. The van der Waals surface area contributed by atoms with Crippen molar-refractivity contribution < 1.29 is 24.2 Å². The number of amides is 1. The lowest BCUT2D eigenvalue weighted by molar-refractivity contribution is -0.115. The lowest BCUT2D eigenvalue weighted by Gasteiger charge is -2.10. The summed E-state index contributed by atoms with van der Waals surface area (Å²) in [6.07, 6.45) is -0.251. The summed E-state index contributed by atoms with van der Waals surface area (Å²) in [4.78, 5) is 35.8. The van der Waals surface area contributed by atoms with Gasteiger partial charge in [-0.3, -0.25) is 9.59 Å². The fraction of sp³-hybridized carbons (Fsp3) is 0.150. The topological polar surface area (TPSA) is 117 Å². The van der Waals surface area contributed by atoms with E-state index in [0.29, 0.717) is 16.8 Å². The maximum Gasteiger partial charge on any atom is 0.340 e. The van der Waals surface area contributed by atoms with Gasteiger partial charge in [-0.15, -0.1) is 0 Å². The maximum absolute atomic E-state index is 12.3. The van der Waals surface area contributed by atoms with Crippen LogP contribution in [0.5, 0.6) is 11.5 Å². The van der Waals surface area contributed by atoms with Crippen LogP contribution in [0.1, 0.15) is 28.4 Å². The Kier molecular flexibility index (Phi) is 4.68. The smallest absolute Gasteiger partial charge is 0.340 e. The quantitative estimate of drug-likeness (QED) is 0.482. The molecule has 0 bridgehead atoms. The molecule has 7 heteroatoms. The van der Waals surface area contributed by atoms with Crippen LogP contribution in [0.15, 0.2) is 45.6 Å². The summed E-state index contributed by atoms with van der Waals surface area (Å²) in [6, 6.07) is 8.74. The van der Waals surface area contributed by atoms with Gasteiger partial charge in [0.25, 0.3) is 0 Å². The molecule has 27 heavy (non-hydrogen) atoms. The monoisotopic (exact) mass is 367 g/mol. The Hall–Kier alpha value is -3.61. The molecule has 7 nitrogen and oxygen atoms in total. The fourth-order valence-corrected chi connectivity index (χ4v) is 2.87. The van der Waals surface area contributed by atoms with Crippen molar-refractivity contribution in [2.75, 3.05) is 5.32 Å². The van der Waals surface area contributed by atoms with Crippen LogP contribution in [0.2, 0.25) is 0 Å². The number of benzene rings is 2. The van der Waals surface area contributed by atoms with E-state index < -0.39 is 11.5 Å². The first kappa shape index (κ1) is 18.2. The standard InChI is InChI=1S/C20H17NO6/c1-10-15(20(26)27-17-8-14(23)7-16(24)19(10)17)9-18(25)21-13-5-3-12(4-6-13)11(2)22/h3-8,23-24H,9H2,1-2H3,(H,21,25). The molecule has 0 fully saturated rings. The van der Waals surface area contributed by atoms with Crippen molar-refractivity contribution in [3.05, 3.63) is 63.5 Å². The predicted octanol–water partition coefficient (Wildman–Crippen LogP) is 2.90. The Labute approximate surface area is 153 Å². The molecule has 0 spiro atoms. The first-order valence-corrected chi connectivity index (χ1v) is 8.15. The van der Waals surface area contributed by atoms with Crippen LogP contribution in [-0.4, -0.2) is 21.9 Å². The van der Waals surface area contributed by atoms with Crippen LogP contribution in [0, 0.1) is 6.92 Å². The highest BCUT2D eigenvalue weighted by Gasteiger charge is 2.18. The molecule has 3 rings (SSSR count). The number of hydrogen-bond acceptors (Lipinski definition) is 6. The highest BCUT2D eigenvalue weighted by molar-refractivity contribution is 5.96. The Morgan fingerprint density at radius 2 is 1.78 bits per heavy atom. The second-order valence-corrected chi connectivity index (χ2v) is 6.19. The maximum atomic E-state index is 12.3. The molecule has 0 unspecified atom stereocenters. The van der Waals surface area contributed by atoms with E-state index in [1.807, 2.05) is 0 Å². The molecule has 1 amide bonds. The van der Waals surface area contributed by atoms with Gasteiger partial charge in [0.1, 0.15) is 17.1 Å². The molecule has 138 valence electrons. The lowest BCUT2D eigenvalue weighted by atomic mass is 10.0. The number of nitrogens with one attached hydrogen (secondary N) is 1. The molecule has 3 aromatic rings. The predicted molar refractivity (Wildman–Crippen MR) is 99.3 cm³/mol. The molecule has 0 saturated carbocycles. The van der Waals surface area contributed by atoms with E-state index >= 15 is 0 Å². The first-order valence-electron chi connectivity index (χ1n) is 8.15. The van der Waals surface area contributed by atoms with Crippen molar-refractivity contribution in [3.63, 3.8) is 0 Å². The summed E-state index contributed by atoms with van der Waals surface area (Å²) < 4.78 is 5.14. The van der Waals surface area contributed by atoms with Gasteiger partial charge in [0, 0.05) is 23.4 Å². The van der Waals surface area contributed by atoms with Gasteiger partial charge >= 0.3 is 5.63 Å². The van der Waals surface area contributed by atoms with E-state index in [2.05, 4.69) is 5.32 Å². The van der Waals surface area contributed by atoms with E-state index in [4.69, 9.17) is 4.42 Å². The van der Waals surface area contributed by atoms with Crippen LogP contribution in [0.4, 0.5) is 5.69 Å². The largest absolute Gasteiger partial charge is 0.508 e. The van der Waals surface area contributed by atoms with Crippen LogP contribution in [-0.2, 0) is 11.2 Å². The van der Waals surface area contributed by atoms with E-state index in [1.54, 1.807) is 31.2 Å². The Morgan fingerprint density at radius 1 is 1.11 bits per heavy atom. The number of Topliss-reactive ketones (excluding diaryl/α,β-unsaturated/α-hetero) is 1. The van der Waals surface area contributed by atoms with Gasteiger partial charge in [-0.25, -0.2) is 4.79 Å². The third kappa shape index (κ3) is 3.67. The summed E-state index contributed by atoms with van der Waals surface area (Å²) in [5.41, 5.74) is 0.853. The third-order valence-corrected chi connectivity index (χ3v) is 4.26. The summed E-state index contributed by atoms with van der Waals surface area (Å²) in [5, 5.41) is 22.5. The van der Waals surface area contributed by atoms with E-state index in [0.717, 1.165) is 6.07 Å². The minimum absolute atomic E-state index is 0.0407. The Morgan fingerprint density at radius 3 is 2.41 bits per heavy atom. The molecular weight excluding hydrogens is 350 g/mol. The molecule has 1 heterocycles. The number of phenols is 2. The number of carbonyl (C=O) groups excluding carboxylic acids is 2. The minimum Gasteiger partial charge on any atom is -0.508 e. The van der Waals surface area contributed by atoms with Crippen molar-refractivity contribution in [2.24, 2.45) is 0 Å². The van der Waals surface area contributed by atoms with Gasteiger partial charge < -0.3 is 19.9 Å². The number of aromatic hydroxyl groups is 2. The number of anilines is 1. The average Bonchev–Trinajstić information content (AvgIpc) is 2.58. The average molecular weight is 367 g/mol. The SMILES string of the molecule is CC(=O)c1ccc(NC(=O)Cc2c(C)c3c(O)cc(O)cc3oc2=O)cc1. The molecular formula is C20H17NO6. The van der Waals surface area contributed by atoms with Crippen LogP contribution in [0.3, 0.4) is 0 Å². The molecule has 3 N–H and O–H groups in total. The van der Waals surface area contributed by atoms with Crippen molar-refractivity contribution in [1.82, 2.24) is 0 Å². The molecule has 0 aliphatic rings. The summed E-state index contributed by atoms with van der Waals surface area (Å²) >= 11 is 0. The summed E-state index contributed by atoms with van der Waals surface area (Å²) in [5.74, 6) is -1.00. The number of rotatable bonds is 4. The van der Waals surface area contributed by atoms with Gasteiger partial charge in [0.15, 0.2) is 5.78 Å². The number of ketones is 1. The van der Waals surface area contributed by atoms with Crippen molar-refractivity contribution in [3.8, 4) is 11.5 Å². The molecule has 0 aliphatic heterocycles. The van der Waals surface area contributed by atoms with Crippen LogP contribution in [0.25, 0.3) is 11.0 Å². The van der Waals surface area contributed by atoms with Gasteiger partial charge in [-0.2, -0.15) is 0 Å². The van der Waals surface area contributed by atoms with E-state index in [9.17, 15) is 24.6 Å². The number of phenolic OH excluding ortho intramolecular Hbond substituents is 2. The Balaban J connectivity index is 1.88. The minimum atomic E-state index is -0.716. The highest BCUT2D eigenvalue weighted by Crippen LogP contribution is 2.32. The second-order valence-electron chi connectivity index (χ2n) is 6.19. The third-order valence-electron chi connectivity index (χ3n) is 4.26. The molecule has 0 saturated heterocycles. The van der Waals surface area contributed by atoms with Gasteiger partial charge in [-0.1, -0.05) is 0 Å². The summed E-state index contributed by atoms with van der Waals surface area (Å²) in [7, 11) is 0. The zero-order chi connectivity index (χ0) is 19.7. The lowest BCUT2D eigenvalue weighted by Crippen LogP contribution is -2.20. The van der Waals surface area contributed by atoms with E-state index in [-0.39, 0.29) is 40.2 Å². The van der Waals surface area contributed by atoms with Crippen LogP contribution < -0.4 is 10.9 Å². The normalized spacial score (nSPS) is 10.7. The zero-order valence-corrected chi connectivity index (χ0v) is 14.7. The second kappa shape index (κ2) is 6.95. The van der Waals surface area contributed by atoms with Crippen LogP contribution >= 0.6 is 0 Å². The van der Waals surface area contributed by atoms with Crippen molar-refractivity contribution in [1.29, 1.82) is 0 Å². The molecule has 0 atom stereocenters. The zero-order valence-electron chi connectivity index (χ0n) is 14.7. The molecule has 1 aromatic heterocycles. The van der Waals surface area contributed by atoms with Gasteiger partial charge in [0.2, 0.25) is 5.91 Å². The van der Waals surface area contributed by atoms with Crippen molar-refractivity contribution in [2.45, 2.75) is 20.3 Å². The number of aryl methyl sites for hydroxylation is 1. The number of fused-ring (bicyclic) bond motifs is 1. The van der Waals surface area contributed by atoms with E-state index in [1.165, 1.54) is 13.0 Å². The number of carbonyl (C=O) groups is 2. The molecule has 0 aliphatic carbocycles. The summed E-state index contributed by atoms with van der Waals surface area (Å²) in [6.45, 7) is 3.05.